The Morgan fingerprint density at radius 2 is 2.36 bits per heavy atom. The van der Waals surface area contributed by atoms with Crippen LogP contribution in [-0.4, -0.2) is 11.8 Å². The van der Waals surface area contributed by atoms with Gasteiger partial charge in [0.15, 0.2) is 11.6 Å². The zero-order valence-electron chi connectivity index (χ0n) is 7.62. The van der Waals surface area contributed by atoms with Gasteiger partial charge in [-0.15, -0.1) is 11.8 Å². The van der Waals surface area contributed by atoms with Gasteiger partial charge in [-0.05, 0) is 17.9 Å². The number of carbonyl (C=O) groups is 1. The predicted octanol–water partition coefficient (Wildman–Crippen LogP) is 2.40. The van der Waals surface area contributed by atoms with E-state index in [9.17, 15) is 9.18 Å². The minimum Gasteiger partial charge on any atom is -0.407 e. The molecule has 0 aliphatic rings. The molecule has 0 fully saturated rings. The molecule has 0 unspecified atom stereocenters. The van der Waals surface area contributed by atoms with Crippen LogP contribution in [0.2, 0.25) is 0 Å². The number of thioether (sulfide) groups is 1. The van der Waals surface area contributed by atoms with Gasteiger partial charge in [0.2, 0.25) is 0 Å². The Bertz CT molecular complexity index is 344. The molecule has 0 aromatic heterocycles. The molecule has 1 aromatic carbocycles. The van der Waals surface area contributed by atoms with Gasteiger partial charge in [0.25, 0.3) is 0 Å². The number of halogens is 1. The van der Waals surface area contributed by atoms with E-state index in [1.165, 1.54) is 17.8 Å². The molecule has 2 N–H and O–H groups in total. The lowest BCUT2D eigenvalue weighted by molar-refractivity contribution is 0.208. The highest BCUT2D eigenvalue weighted by Crippen LogP contribution is 2.27. The first-order valence-corrected chi connectivity index (χ1v) is 5.02. The van der Waals surface area contributed by atoms with Crippen LogP contribution in [0.15, 0.2) is 23.1 Å². The molecule has 0 heterocycles. The second kappa shape index (κ2) is 4.85. The van der Waals surface area contributed by atoms with Crippen molar-refractivity contribution in [1.82, 2.24) is 0 Å². The Labute approximate surface area is 85.4 Å². The lowest BCUT2D eigenvalue weighted by Crippen LogP contribution is -2.17. The minimum absolute atomic E-state index is 0.129. The zero-order valence-corrected chi connectivity index (χ0v) is 8.44. The third kappa shape index (κ3) is 2.63. The van der Waals surface area contributed by atoms with E-state index < -0.39 is 11.9 Å². The second-order valence-corrected chi connectivity index (χ2v) is 3.73. The summed E-state index contributed by atoms with van der Waals surface area (Å²) in [5.74, 6) is 0.0748. The number of benzene rings is 1. The fraction of sp³-hybridized carbons (Fsp3) is 0.222. The molecule has 0 aliphatic carbocycles. The van der Waals surface area contributed by atoms with Gasteiger partial charge in [0, 0.05) is 4.90 Å². The van der Waals surface area contributed by atoms with Crippen molar-refractivity contribution in [2.75, 3.05) is 5.75 Å². The third-order valence-electron chi connectivity index (χ3n) is 1.44. The van der Waals surface area contributed by atoms with Crippen molar-refractivity contribution in [1.29, 1.82) is 0 Å². The fourth-order valence-electron chi connectivity index (χ4n) is 0.945. The maximum atomic E-state index is 13.5. The van der Waals surface area contributed by atoms with Crippen molar-refractivity contribution in [3.63, 3.8) is 0 Å². The zero-order chi connectivity index (χ0) is 10.6. The molecule has 5 heteroatoms. The minimum atomic E-state index is -1.01. The summed E-state index contributed by atoms with van der Waals surface area (Å²) in [6.45, 7) is 1.91. The maximum absolute atomic E-state index is 13.5. The number of rotatable bonds is 3. The quantitative estimate of drug-likeness (QED) is 0.787. The van der Waals surface area contributed by atoms with Gasteiger partial charge in [-0.3, -0.25) is 0 Å². The van der Waals surface area contributed by atoms with Gasteiger partial charge < -0.3 is 10.5 Å². The average molecular weight is 215 g/mol. The standard InChI is InChI=1S/C9H10FNO2S/c1-2-14-7-5-3-4-6(8(7)10)13-9(11)12/h3-5H,2H2,1H3,(H2,11,12). The summed E-state index contributed by atoms with van der Waals surface area (Å²) in [4.78, 5) is 10.9. The molecular weight excluding hydrogens is 205 g/mol. The molecular formula is C9H10FNO2S. The van der Waals surface area contributed by atoms with Crippen LogP contribution in [-0.2, 0) is 0 Å². The van der Waals surface area contributed by atoms with E-state index in [0.717, 1.165) is 5.75 Å². The number of carbonyl (C=O) groups excluding carboxylic acids is 1. The molecule has 0 spiro atoms. The summed E-state index contributed by atoms with van der Waals surface area (Å²) in [7, 11) is 0. The van der Waals surface area contributed by atoms with Crippen LogP contribution in [0.3, 0.4) is 0 Å². The molecule has 0 radical (unpaired) electrons. The fourth-order valence-corrected chi connectivity index (χ4v) is 1.66. The molecule has 0 saturated carbocycles. The highest BCUT2D eigenvalue weighted by atomic mass is 32.2. The molecule has 1 rings (SSSR count). The van der Waals surface area contributed by atoms with Crippen molar-refractivity contribution in [2.24, 2.45) is 5.73 Å². The summed E-state index contributed by atoms with van der Waals surface area (Å²) in [6, 6.07) is 4.59. The van der Waals surface area contributed by atoms with Gasteiger partial charge in [-0.2, -0.15) is 0 Å². The Morgan fingerprint density at radius 1 is 1.64 bits per heavy atom. The highest BCUT2D eigenvalue weighted by Gasteiger charge is 2.10. The molecule has 0 bridgehead atoms. The van der Waals surface area contributed by atoms with Crippen LogP contribution in [0.5, 0.6) is 5.75 Å². The number of nitrogens with two attached hydrogens (primary N) is 1. The molecule has 1 amide bonds. The molecule has 1 aromatic rings. The Morgan fingerprint density at radius 3 is 2.93 bits per heavy atom. The molecule has 3 nitrogen and oxygen atoms in total. The van der Waals surface area contributed by atoms with E-state index in [1.54, 1.807) is 12.1 Å². The molecule has 0 atom stereocenters. The van der Waals surface area contributed by atoms with E-state index in [1.807, 2.05) is 6.92 Å². The van der Waals surface area contributed by atoms with E-state index in [-0.39, 0.29) is 5.75 Å². The monoisotopic (exact) mass is 215 g/mol. The van der Waals surface area contributed by atoms with Gasteiger partial charge in [0.1, 0.15) is 0 Å². The number of ether oxygens (including phenoxy) is 1. The SMILES string of the molecule is CCSc1cccc(OC(N)=O)c1F. The summed E-state index contributed by atoms with van der Waals surface area (Å²) in [5, 5.41) is 0. The van der Waals surface area contributed by atoms with Crippen LogP contribution >= 0.6 is 11.8 Å². The van der Waals surface area contributed by atoms with Crippen molar-refractivity contribution in [3.05, 3.63) is 24.0 Å². The van der Waals surface area contributed by atoms with Crippen molar-refractivity contribution < 1.29 is 13.9 Å². The van der Waals surface area contributed by atoms with Gasteiger partial charge in [0.05, 0.1) is 0 Å². The first-order chi connectivity index (χ1) is 6.65. The van der Waals surface area contributed by atoms with Crippen LogP contribution in [0.25, 0.3) is 0 Å². The van der Waals surface area contributed by atoms with Crippen LogP contribution in [0.4, 0.5) is 9.18 Å². The average Bonchev–Trinajstić information content (AvgIpc) is 2.11. The van der Waals surface area contributed by atoms with Crippen LogP contribution in [0.1, 0.15) is 6.92 Å². The number of primary amides is 1. The molecule has 14 heavy (non-hydrogen) atoms. The number of amides is 1. The normalized spacial score (nSPS) is 9.86. The number of hydrogen-bond acceptors (Lipinski definition) is 3. The molecule has 76 valence electrons. The first-order valence-electron chi connectivity index (χ1n) is 4.03. The molecule has 0 aliphatic heterocycles. The van der Waals surface area contributed by atoms with Crippen molar-refractivity contribution >= 4 is 17.9 Å². The van der Waals surface area contributed by atoms with Crippen molar-refractivity contribution in [3.8, 4) is 5.75 Å². The third-order valence-corrected chi connectivity index (χ3v) is 2.35. The Hall–Kier alpha value is -1.23. The predicted molar refractivity (Wildman–Crippen MR) is 53.0 cm³/mol. The molecule has 0 saturated heterocycles. The van der Waals surface area contributed by atoms with Gasteiger partial charge >= 0.3 is 6.09 Å². The van der Waals surface area contributed by atoms with E-state index >= 15 is 0 Å². The van der Waals surface area contributed by atoms with E-state index in [4.69, 9.17) is 5.73 Å². The van der Waals surface area contributed by atoms with Crippen molar-refractivity contribution in [2.45, 2.75) is 11.8 Å². The summed E-state index contributed by atoms with van der Waals surface area (Å²) in [6.07, 6.45) is -1.01. The largest absolute Gasteiger partial charge is 0.410 e. The lowest BCUT2D eigenvalue weighted by atomic mass is 10.3. The smallest absolute Gasteiger partial charge is 0.407 e. The number of hydrogen-bond donors (Lipinski definition) is 1. The van der Waals surface area contributed by atoms with Gasteiger partial charge in [-0.25, -0.2) is 9.18 Å². The first kappa shape index (κ1) is 10.8. The topological polar surface area (TPSA) is 52.3 Å². The van der Waals surface area contributed by atoms with Gasteiger partial charge in [-0.1, -0.05) is 13.0 Å². The highest BCUT2D eigenvalue weighted by molar-refractivity contribution is 7.99. The van der Waals surface area contributed by atoms with E-state index in [2.05, 4.69) is 4.74 Å². The van der Waals surface area contributed by atoms with Crippen LogP contribution < -0.4 is 10.5 Å². The summed E-state index contributed by atoms with van der Waals surface area (Å²) in [5.41, 5.74) is 4.78. The summed E-state index contributed by atoms with van der Waals surface area (Å²) >= 11 is 1.34. The maximum Gasteiger partial charge on any atom is 0.410 e. The lowest BCUT2D eigenvalue weighted by Gasteiger charge is -2.05. The van der Waals surface area contributed by atoms with Crippen LogP contribution in [0, 0.1) is 5.82 Å². The van der Waals surface area contributed by atoms with E-state index in [0.29, 0.717) is 4.90 Å². The Kier molecular flexibility index (Phi) is 3.76. The Balaban J connectivity index is 2.94. The summed E-state index contributed by atoms with van der Waals surface area (Å²) < 4.78 is 17.9. The second-order valence-electron chi connectivity index (χ2n) is 2.42.